The molecule has 0 unspecified atom stereocenters. The van der Waals surface area contributed by atoms with Gasteiger partial charge in [-0.2, -0.15) is 15.0 Å². The normalized spacial score (nSPS) is 29.2. The molecule has 0 spiro atoms. The molecule has 3 atom stereocenters. The Morgan fingerprint density at radius 2 is 1.38 bits per heavy atom. The molecular formula is C20H37N9. The Morgan fingerprint density at radius 1 is 0.759 bits per heavy atom. The van der Waals surface area contributed by atoms with E-state index in [1.165, 1.54) is 32.1 Å². The highest BCUT2D eigenvalue weighted by molar-refractivity contribution is 5.47. The fourth-order valence-electron chi connectivity index (χ4n) is 4.95. The van der Waals surface area contributed by atoms with Crippen LogP contribution in [0.1, 0.15) is 51.4 Å². The molecule has 4 rings (SSSR count). The largest absolute Gasteiger partial charge is 0.341 e. The average Bonchev–Trinajstić information content (AvgIpc) is 2.73. The third kappa shape index (κ3) is 4.90. The van der Waals surface area contributed by atoms with Gasteiger partial charge >= 0.3 is 0 Å². The fourth-order valence-corrected chi connectivity index (χ4v) is 4.95. The van der Waals surface area contributed by atoms with Gasteiger partial charge in [-0.25, -0.2) is 0 Å². The van der Waals surface area contributed by atoms with Crippen molar-refractivity contribution < 1.29 is 0 Å². The number of nitrogens with two attached hydrogens (primary N) is 3. The smallest absolute Gasteiger partial charge is 0.232 e. The molecule has 3 fully saturated rings. The molecule has 6 N–H and O–H groups in total. The molecule has 0 bridgehead atoms. The Morgan fingerprint density at radius 3 is 2.03 bits per heavy atom. The minimum absolute atomic E-state index is 0.0434. The second-order valence-electron chi connectivity index (χ2n) is 9.15. The van der Waals surface area contributed by atoms with E-state index < -0.39 is 0 Å². The first kappa shape index (κ1) is 20.6. The Labute approximate surface area is 174 Å². The van der Waals surface area contributed by atoms with Crippen molar-refractivity contribution in [3.8, 4) is 0 Å². The number of nitrogens with zero attached hydrogens (tertiary/aromatic N) is 6. The zero-order chi connectivity index (χ0) is 20.4. The number of rotatable bonds is 4. The minimum Gasteiger partial charge on any atom is -0.341 e. The van der Waals surface area contributed by atoms with Crippen molar-refractivity contribution in [3.05, 3.63) is 0 Å². The van der Waals surface area contributed by atoms with E-state index in [-0.39, 0.29) is 18.1 Å². The molecule has 1 aromatic heterocycles. The summed E-state index contributed by atoms with van der Waals surface area (Å²) < 4.78 is 0. The van der Waals surface area contributed by atoms with Gasteiger partial charge in [-0.1, -0.05) is 19.3 Å². The van der Waals surface area contributed by atoms with E-state index in [1.807, 2.05) is 0 Å². The zero-order valence-corrected chi connectivity index (χ0v) is 17.7. The average molecular weight is 404 g/mol. The van der Waals surface area contributed by atoms with E-state index in [1.54, 1.807) is 0 Å². The van der Waals surface area contributed by atoms with E-state index in [0.29, 0.717) is 12.0 Å². The summed E-state index contributed by atoms with van der Waals surface area (Å²) >= 11 is 0. The topological polar surface area (TPSA) is 126 Å². The van der Waals surface area contributed by atoms with Crippen molar-refractivity contribution in [1.29, 1.82) is 0 Å². The Hall–Kier alpha value is -1.71. The predicted octanol–water partition coefficient (Wildman–Crippen LogP) is 0.433. The molecule has 1 aliphatic carbocycles. The lowest BCUT2D eigenvalue weighted by atomic mass is 9.95. The summed E-state index contributed by atoms with van der Waals surface area (Å²) in [5.41, 5.74) is 18.7. The molecule has 1 saturated carbocycles. The first-order valence-electron chi connectivity index (χ1n) is 11.2. The van der Waals surface area contributed by atoms with E-state index >= 15 is 0 Å². The standard InChI is InChI=1S/C20H37N9/c1-27(17-7-3-2-4-8-17)18-24-19(28-9-5-6-14(21)11-28)26-20(25-18)29-12-15(22)10-16(23)13-29/h14-17H,2-13,21-23H2,1H3/t14-,15-,16+/m0/s1. The van der Waals surface area contributed by atoms with Crippen LogP contribution in [0, 0.1) is 0 Å². The zero-order valence-electron chi connectivity index (χ0n) is 17.7. The Balaban J connectivity index is 1.65. The van der Waals surface area contributed by atoms with Crippen molar-refractivity contribution in [2.45, 2.75) is 75.5 Å². The van der Waals surface area contributed by atoms with Gasteiger partial charge < -0.3 is 31.9 Å². The quantitative estimate of drug-likeness (QED) is 0.656. The SMILES string of the molecule is CN(c1nc(N2CCC[C@H](N)C2)nc(N2C[C@H](N)C[C@H](N)C2)n1)C1CCCCC1. The van der Waals surface area contributed by atoms with Gasteiger partial charge in [-0.05, 0) is 32.1 Å². The van der Waals surface area contributed by atoms with Crippen LogP contribution in [0.4, 0.5) is 17.8 Å². The van der Waals surface area contributed by atoms with Crippen LogP contribution >= 0.6 is 0 Å². The van der Waals surface area contributed by atoms with E-state index in [0.717, 1.165) is 57.3 Å². The molecule has 3 heterocycles. The molecule has 2 aliphatic heterocycles. The van der Waals surface area contributed by atoms with Gasteiger partial charge in [0.25, 0.3) is 0 Å². The molecule has 9 heteroatoms. The highest BCUT2D eigenvalue weighted by Gasteiger charge is 2.29. The molecular weight excluding hydrogens is 366 g/mol. The van der Waals surface area contributed by atoms with Crippen LogP contribution in [0.15, 0.2) is 0 Å². The fraction of sp³-hybridized carbons (Fsp3) is 0.850. The molecule has 9 nitrogen and oxygen atoms in total. The minimum atomic E-state index is 0.0434. The van der Waals surface area contributed by atoms with Gasteiger partial charge in [0.1, 0.15) is 0 Å². The van der Waals surface area contributed by atoms with Gasteiger partial charge in [0.05, 0.1) is 0 Å². The number of aromatic nitrogens is 3. The lowest BCUT2D eigenvalue weighted by Crippen LogP contribution is -2.53. The van der Waals surface area contributed by atoms with Crippen molar-refractivity contribution in [3.63, 3.8) is 0 Å². The maximum absolute atomic E-state index is 6.24. The molecule has 3 aliphatic rings. The molecule has 162 valence electrons. The lowest BCUT2D eigenvalue weighted by Gasteiger charge is -2.37. The Kier molecular flexibility index (Phi) is 6.36. The van der Waals surface area contributed by atoms with Crippen LogP contribution in [0.5, 0.6) is 0 Å². The molecule has 0 radical (unpaired) electrons. The summed E-state index contributed by atoms with van der Waals surface area (Å²) in [5, 5.41) is 0. The summed E-state index contributed by atoms with van der Waals surface area (Å²) in [6, 6.07) is 0.741. The van der Waals surface area contributed by atoms with Crippen LogP contribution < -0.4 is 31.9 Å². The van der Waals surface area contributed by atoms with Crippen molar-refractivity contribution in [2.24, 2.45) is 17.2 Å². The van der Waals surface area contributed by atoms with Gasteiger partial charge in [0, 0.05) is 57.4 Å². The molecule has 0 amide bonds. The second kappa shape index (κ2) is 8.97. The van der Waals surface area contributed by atoms with Gasteiger partial charge in [0.15, 0.2) is 0 Å². The van der Waals surface area contributed by atoms with E-state index in [4.69, 9.17) is 32.2 Å². The van der Waals surface area contributed by atoms with Gasteiger partial charge in [0.2, 0.25) is 17.8 Å². The summed E-state index contributed by atoms with van der Waals surface area (Å²) in [4.78, 5) is 21.2. The van der Waals surface area contributed by atoms with Crippen molar-refractivity contribution in [1.82, 2.24) is 15.0 Å². The number of hydrogen-bond donors (Lipinski definition) is 3. The summed E-state index contributed by atoms with van der Waals surface area (Å²) in [6.45, 7) is 3.17. The van der Waals surface area contributed by atoms with Gasteiger partial charge in [-0.3, -0.25) is 0 Å². The molecule has 0 aromatic carbocycles. The summed E-state index contributed by atoms with van der Waals surface area (Å²) in [6.07, 6.45) is 9.22. The van der Waals surface area contributed by atoms with Crippen LogP contribution in [0.25, 0.3) is 0 Å². The van der Waals surface area contributed by atoms with Crippen molar-refractivity contribution in [2.75, 3.05) is 47.9 Å². The molecule has 29 heavy (non-hydrogen) atoms. The van der Waals surface area contributed by atoms with Crippen LogP contribution in [0.2, 0.25) is 0 Å². The maximum Gasteiger partial charge on any atom is 0.232 e. The first-order valence-corrected chi connectivity index (χ1v) is 11.2. The number of hydrogen-bond acceptors (Lipinski definition) is 9. The van der Waals surface area contributed by atoms with E-state index in [2.05, 4.69) is 21.7 Å². The lowest BCUT2D eigenvalue weighted by molar-refractivity contribution is 0.422. The van der Waals surface area contributed by atoms with Crippen LogP contribution in [-0.2, 0) is 0 Å². The monoisotopic (exact) mass is 403 g/mol. The molecule has 1 aromatic rings. The van der Waals surface area contributed by atoms with Gasteiger partial charge in [-0.15, -0.1) is 0 Å². The third-order valence-corrected chi connectivity index (χ3v) is 6.58. The summed E-state index contributed by atoms with van der Waals surface area (Å²) in [7, 11) is 2.12. The highest BCUT2D eigenvalue weighted by atomic mass is 15.4. The van der Waals surface area contributed by atoms with Crippen LogP contribution in [-0.4, -0.2) is 72.3 Å². The number of piperidine rings is 2. The van der Waals surface area contributed by atoms with Crippen molar-refractivity contribution >= 4 is 17.8 Å². The Bertz CT molecular complexity index is 668. The first-order chi connectivity index (χ1) is 14.0. The maximum atomic E-state index is 6.24. The highest BCUT2D eigenvalue weighted by Crippen LogP contribution is 2.27. The second-order valence-corrected chi connectivity index (χ2v) is 9.15. The summed E-state index contributed by atoms with van der Waals surface area (Å²) in [5.74, 6) is 2.18. The predicted molar refractivity (Wildman–Crippen MR) is 117 cm³/mol. The number of anilines is 3. The molecule has 2 saturated heterocycles. The van der Waals surface area contributed by atoms with Crippen LogP contribution in [0.3, 0.4) is 0 Å². The third-order valence-electron chi connectivity index (χ3n) is 6.58. The van der Waals surface area contributed by atoms with E-state index in [9.17, 15) is 0 Å².